The van der Waals surface area contributed by atoms with Gasteiger partial charge in [-0.2, -0.15) is 14.7 Å². The lowest BCUT2D eigenvalue weighted by Gasteiger charge is -2.38. The van der Waals surface area contributed by atoms with Crippen LogP contribution >= 0.6 is 0 Å². The fourth-order valence-electron chi connectivity index (χ4n) is 6.60. The van der Waals surface area contributed by atoms with Gasteiger partial charge >= 0.3 is 0 Å². The molecule has 2 fully saturated rings. The standard InChI is InChI=1S/C30H31N9O/c1-3-23-26(20-13-21-10-11-22(14-20)38(21)30(40)28-34-17(2)36-37-28)35-29-24(16-33-39(29)27(23)31)19-9-12-25(32-15-19)18-7-5-4-6-8-18/h4-9,12,15-16,20-22H,3,10-11,13-14,31H2,1-2H3,(H,34,36,37)/t20-,21-,22+. The number of pyridine rings is 1. The normalized spacial score (nSPS) is 20.4. The van der Waals surface area contributed by atoms with Crippen LogP contribution in [0.25, 0.3) is 28.0 Å². The molecule has 6 heterocycles. The molecule has 5 aromatic rings. The lowest BCUT2D eigenvalue weighted by atomic mass is 9.85. The number of aromatic amines is 1. The number of carbonyl (C=O) groups excluding carboxylic acids is 1. The minimum absolute atomic E-state index is 0.0604. The second kappa shape index (κ2) is 9.55. The lowest BCUT2D eigenvalue weighted by molar-refractivity contribution is 0.0557. The summed E-state index contributed by atoms with van der Waals surface area (Å²) in [5, 5.41) is 11.5. The zero-order chi connectivity index (χ0) is 27.4. The summed E-state index contributed by atoms with van der Waals surface area (Å²) in [6.45, 7) is 3.89. The van der Waals surface area contributed by atoms with Crippen molar-refractivity contribution in [1.82, 2.24) is 39.7 Å². The van der Waals surface area contributed by atoms with Gasteiger partial charge in [0.25, 0.3) is 5.91 Å². The van der Waals surface area contributed by atoms with E-state index in [4.69, 9.17) is 15.7 Å². The topological polar surface area (TPSA) is 131 Å². The van der Waals surface area contributed by atoms with Crippen LogP contribution in [-0.2, 0) is 6.42 Å². The van der Waals surface area contributed by atoms with Crippen molar-refractivity contribution in [3.05, 3.63) is 77.8 Å². The summed E-state index contributed by atoms with van der Waals surface area (Å²) in [5.41, 5.74) is 13.4. The maximum atomic E-state index is 13.3. The van der Waals surface area contributed by atoms with E-state index in [0.717, 1.165) is 71.4 Å². The van der Waals surface area contributed by atoms with Crippen molar-refractivity contribution < 1.29 is 4.79 Å². The van der Waals surface area contributed by atoms with Crippen LogP contribution in [0.3, 0.4) is 0 Å². The highest BCUT2D eigenvalue weighted by Gasteiger charge is 2.45. The zero-order valence-electron chi connectivity index (χ0n) is 22.6. The quantitative estimate of drug-likeness (QED) is 0.338. The number of nitrogens with one attached hydrogen (secondary N) is 1. The molecule has 2 saturated heterocycles. The van der Waals surface area contributed by atoms with Crippen LogP contribution in [0.1, 0.15) is 66.2 Å². The SMILES string of the molecule is CCc1c([C@@H]2C[C@H]3CC[C@@H](C2)N3C(=O)c2nc(C)n[nH]2)nc2c(-c3ccc(-c4ccccc4)nc3)cnn2c1N. The first-order valence-corrected chi connectivity index (χ1v) is 13.9. The molecule has 3 atom stereocenters. The van der Waals surface area contributed by atoms with E-state index in [9.17, 15) is 4.79 Å². The Morgan fingerprint density at radius 1 is 1.02 bits per heavy atom. The van der Waals surface area contributed by atoms with Crippen molar-refractivity contribution in [2.45, 2.75) is 64.0 Å². The van der Waals surface area contributed by atoms with E-state index in [1.54, 1.807) is 11.4 Å². The predicted octanol–water partition coefficient (Wildman–Crippen LogP) is 4.58. The van der Waals surface area contributed by atoms with E-state index < -0.39 is 0 Å². The third kappa shape index (κ3) is 3.93. The average molecular weight is 534 g/mol. The van der Waals surface area contributed by atoms with Crippen LogP contribution in [0.4, 0.5) is 5.82 Å². The van der Waals surface area contributed by atoms with E-state index in [1.807, 2.05) is 41.6 Å². The summed E-state index contributed by atoms with van der Waals surface area (Å²) in [4.78, 5) is 29.5. The Morgan fingerprint density at radius 2 is 1.80 bits per heavy atom. The summed E-state index contributed by atoms with van der Waals surface area (Å²) in [5.74, 6) is 1.68. The highest BCUT2D eigenvalue weighted by atomic mass is 16.2. The molecule has 2 aliphatic rings. The Bertz CT molecular complexity index is 1690. The Labute approximate surface area is 231 Å². The van der Waals surface area contributed by atoms with Gasteiger partial charge in [0.1, 0.15) is 11.6 Å². The summed E-state index contributed by atoms with van der Waals surface area (Å²) in [6.07, 6.45) is 8.13. The number of piperidine rings is 1. The third-order valence-corrected chi connectivity index (χ3v) is 8.47. The zero-order valence-corrected chi connectivity index (χ0v) is 22.6. The van der Waals surface area contributed by atoms with E-state index in [0.29, 0.717) is 17.5 Å². The van der Waals surface area contributed by atoms with E-state index in [2.05, 4.69) is 45.4 Å². The molecule has 40 heavy (non-hydrogen) atoms. The number of nitrogen functional groups attached to an aromatic ring is 1. The van der Waals surface area contributed by atoms with Gasteiger partial charge in [0, 0.05) is 46.5 Å². The summed E-state index contributed by atoms with van der Waals surface area (Å²) in [6, 6.07) is 14.5. The smallest absolute Gasteiger partial charge is 0.291 e. The van der Waals surface area contributed by atoms with E-state index in [-0.39, 0.29) is 23.9 Å². The van der Waals surface area contributed by atoms with Gasteiger partial charge in [-0.3, -0.25) is 14.9 Å². The maximum Gasteiger partial charge on any atom is 0.291 e. The van der Waals surface area contributed by atoms with Crippen molar-refractivity contribution in [3.8, 4) is 22.4 Å². The Hall–Kier alpha value is -4.60. The second-order valence-electron chi connectivity index (χ2n) is 10.8. The number of carbonyl (C=O) groups is 1. The molecular formula is C30H31N9O. The van der Waals surface area contributed by atoms with Crippen LogP contribution in [0.5, 0.6) is 0 Å². The average Bonchev–Trinajstić information content (AvgIpc) is 3.68. The first kappa shape index (κ1) is 24.4. The molecule has 10 heteroatoms. The predicted molar refractivity (Wildman–Crippen MR) is 152 cm³/mol. The third-order valence-electron chi connectivity index (χ3n) is 8.47. The minimum atomic E-state index is -0.0604. The molecule has 7 rings (SSSR count). The molecule has 10 nitrogen and oxygen atoms in total. The molecule has 0 radical (unpaired) electrons. The highest BCUT2D eigenvalue weighted by molar-refractivity contribution is 5.91. The molecule has 1 aromatic carbocycles. The van der Waals surface area contributed by atoms with Gasteiger partial charge in [0.2, 0.25) is 5.82 Å². The van der Waals surface area contributed by atoms with Gasteiger partial charge in [-0.1, -0.05) is 43.3 Å². The number of benzene rings is 1. The number of fused-ring (bicyclic) bond motifs is 3. The van der Waals surface area contributed by atoms with Gasteiger partial charge < -0.3 is 10.6 Å². The number of anilines is 1. The van der Waals surface area contributed by atoms with Crippen LogP contribution in [0.15, 0.2) is 54.9 Å². The molecule has 2 aliphatic heterocycles. The Kier molecular flexibility index (Phi) is 5.83. The number of hydrogen-bond acceptors (Lipinski definition) is 7. The monoisotopic (exact) mass is 533 g/mol. The number of aromatic nitrogens is 7. The fourth-order valence-corrected chi connectivity index (χ4v) is 6.60. The van der Waals surface area contributed by atoms with Gasteiger partial charge in [0.15, 0.2) is 5.65 Å². The first-order valence-electron chi connectivity index (χ1n) is 13.9. The molecule has 0 spiro atoms. The molecular weight excluding hydrogens is 502 g/mol. The number of nitrogens with two attached hydrogens (primary N) is 1. The number of aryl methyl sites for hydroxylation is 1. The van der Waals surface area contributed by atoms with E-state index >= 15 is 0 Å². The van der Waals surface area contributed by atoms with Gasteiger partial charge in [-0.05, 0) is 45.1 Å². The second-order valence-corrected chi connectivity index (χ2v) is 10.8. The summed E-state index contributed by atoms with van der Waals surface area (Å²) >= 11 is 0. The van der Waals surface area contributed by atoms with Gasteiger partial charge in [-0.15, -0.1) is 0 Å². The highest BCUT2D eigenvalue weighted by Crippen LogP contribution is 2.45. The molecule has 202 valence electrons. The van der Waals surface area contributed by atoms with Crippen molar-refractivity contribution >= 4 is 17.4 Å². The number of amides is 1. The molecule has 2 bridgehead atoms. The molecule has 0 unspecified atom stereocenters. The van der Waals surface area contributed by atoms with Crippen molar-refractivity contribution in [3.63, 3.8) is 0 Å². The van der Waals surface area contributed by atoms with Crippen LogP contribution in [0.2, 0.25) is 0 Å². The molecule has 1 amide bonds. The number of rotatable bonds is 5. The number of nitrogens with zero attached hydrogens (tertiary/aromatic N) is 7. The lowest BCUT2D eigenvalue weighted by Crippen LogP contribution is -2.46. The van der Waals surface area contributed by atoms with Crippen molar-refractivity contribution in [2.75, 3.05) is 5.73 Å². The molecule has 0 aliphatic carbocycles. The Balaban J connectivity index is 1.23. The summed E-state index contributed by atoms with van der Waals surface area (Å²) in [7, 11) is 0. The summed E-state index contributed by atoms with van der Waals surface area (Å²) < 4.78 is 1.75. The number of hydrogen-bond donors (Lipinski definition) is 2. The van der Waals surface area contributed by atoms with Crippen molar-refractivity contribution in [2.24, 2.45) is 0 Å². The van der Waals surface area contributed by atoms with Crippen LogP contribution in [0, 0.1) is 6.92 Å². The van der Waals surface area contributed by atoms with E-state index in [1.165, 1.54) is 0 Å². The molecule has 0 saturated carbocycles. The number of H-pyrrole nitrogens is 1. The largest absolute Gasteiger partial charge is 0.383 e. The van der Waals surface area contributed by atoms with Gasteiger partial charge in [0.05, 0.1) is 17.6 Å². The van der Waals surface area contributed by atoms with Gasteiger partial charge in [-0.25, -0.2) is 9.97 Å². The first-order chi connectivity index (χ1) is 19.5. The molecule has 4 aromatic heterocycles. The minimum Gasteiger partial charge on any atom is -0.383 e. The maximum absolute atomic E-state index is 13.3. The molecule has 3 N–H and O–H groups in total. The van der Waals surface area contributed by atoms with Crippen LogP contribution < -0.4 is 5.73 Å². The fraction of sp³-hybridized carbons (Fsp3) is 0.333. The Morgan fingerprint density at radius 3 is 2.45 bits per heavy atom. The van der Waals surface area contributed by atoms with Crippen LogP contribution in [-0.4, -0.2) is 57.7 Å². The van der Waals surface area contributed by atoms with Crippen molar-refractivity contribution in [1.29, 1.82) is 0 Å².